The maximum Gasteiger partial charge on any atom is 0.357 e. The molecule has 1 atom stereocenters. The molecule has 2 aromatic heterocycles. The van der Waals surface area contributed by atoms with Crippen LogP contribution in [0.3, 0.4) is 0 Å². The number of hydrogen-bond acceptors (Lipinski definition) is 6. The fraction of sp³-hybridized carbons (Fsp3) is 0.0909. The fourth-order valence-corrected chi connectivity index (χ4v) is 2.97. The highest BCUT2D eigenvalue weighted by Gasteiger charge is 2.23. The van der Waals surface area contributed by atoms with Gasteiger partial charge in [0.25, 0.3) is 0 Å². The van der Waals surface area contributed by atoms with E-state index >= 15 is 0 Å². The lowest BCUT2D eigenvalue weighted by atomic mass is 10.1. The number of para-hydroxylation sites is 2. The molecule has 0 saturated heterocycles. The smallest absolute Gasteiger partial charge is 0.357 e. The van der Waals surface area contributed by atoms with Gasteiger partial charge < -0.3 is 14.8 Å². The van der Waals surface area contributed by atoms with Crippen LogP contribution in [0.4, 0.5) is 0 Å². The van der Waals surface area contributed by atoms with Gasteiger partial charge in [-0.15, -0.1) is 0 Å². The zero-order valence-electron chi connectivity index (χ0n) is 16.0. The quantitative estimate of drug-likeness (QED) is 0.264. The summed E-state index contributed by atoms with van der Waals surface area (Å²) in [6, 6.07) is 20.1. The van der Waals surface area contributed by atoms with E-state index in [9.17, 15) is 15.2 Å². The molecule has 8 nitrogen and oxygen atoms in total. The number of aromatic nitrogens is 4. The number of nitrogens with zero attached hydrogens (tertiary/aromatic N) is 3. The number of carbonyl (C=O) groups is 1. The molecule has 8 heteroatoms. The molecule has 148 valence electrons. The lowest BCUT2D eigenvalue weighted by Crippen LogP contribution is -2.18. The van der Waals surface area contributed by atoms with Gasteiger partial charge in [-0.05, 0) is 25.1 Å². The van der Waals surface area contributed by atoms with Crippen molar-refractivity contribution in [3.63, 3.8) is 0 Å². The van der Waals surface area contributed by atoms with E-state index in [-0.39, 0.29) is 17.1 Å². The highest BCUT2D eigenvalue weighted by molar-refractivity contribution is 5.89. The third kappa shape index (κ3) is 3.64. The Kier molecular flexibility index (Phi) is 5.01. The van der Waals surface area contributed by atoms with E-state index in [1.54, 1.807) is 12.1 Å². The third-order valence-corrected chi connectivity index (χ3v) is 4.53. The van der Waals surface area contributed by atoms with Crippen molar-refractivity contribution in [3.05, 3.63) is 77.9 Å². The molecule has 0 fully saturated rings. The molecule has 0 radical (unpaired) electrons. The Balaban J connectivity index is 1.54. The van der Waals surface area contributed by atoms with Crippen LogP contribution in [0, 0.1) is 11.3 Å². The van der Waals surface area contributed by atoms with Gasteiger partial charge in [-0.3, -0.25) is 5.10 Å². The Morgan fingerprint density at radius 2 is 1.90 bits per heavy atom. The van der Waals surface area contributed by atoms with Gasteiger partial charge >= 0.3 is 5.97 Å². The molecule has 0 spiro atoms. The Hall–Kier alpha value is -4.38. The minimum absolute atomic E-state index is 0.0962. The second kappa shape index (κ2) is 7.93. The van der Waals surface area contributed by atoms with Gasteiger partial charge in [0, 0.05) is 5.56 Å². The molecule has 0 unspecified atom stereocenters. The first-order valence-corrected chi connectivity index (χ1v) is 9.17. The molecule has 0 aliphatic rings. The summed E-state index contributed by atoms with van der Waals surface area (Å²) in [6.07, 6.45) is -1.07. The molecular weight excluding hydrogens is 382 g/mol. The SMILES string of the molecule is C[C@H](OC(=O)c1cc(-c2ccccc2)n[nH]1)/C(O)=C(\C#N)c1nc2ccccc2[nH]1. The van der Waals surface area contributed by atoms with Crippen molar-refractivity contribution in [2.75, 3.05) is 0 Å². The van der Waals surface area contributed by atoms with Gasteiger partial charge in [0.2, 0.25) is 0 Å². The second-order valence-electron chi connectivity index (χ2n) is 6.56. The fourth-order valence-electron chi connectivity index (χ4n) is 2.97. The number of benzene rings is 2. The van der Waals surface area contributed by atoms with Crippen LogP contribution in [0.25, 0.3) is 27.9 Å². The van der Waals surface area contributed by atoms with E-state index in [1.165, 1.54) is 6.92 Å². The van der Waals surface area contributed by atoms with E-state index in [0.717, 1.165) is 11.1 Å². The molecule has 0 amide bonds. The van der Waals surface area contributed by atoms with Crippen molar-refractivity contribution < 1.29 is 14.6 Å². The average molecular weight is 399 g/mol. The van der Waals surface area contributed by atoms with Crippen LogP contribution in [-0.2, 0) is 4.74 Å². The molecule has 0 aliphatic heterocycles. The van der Waals surface area contributed by atoms with E-state index in [1.807, 2.05) is 54.6 Å². The molecule has 0 bridgehead atoms. The van der Waals surface area contributed by atoms with E-state index in [4.69, 9.17) is 4.74 Å². The molecule has 2 heterocycles. The molecule has 0 aliphatic carbocycles. The van der Waals surface area contributed by atoms with Crippen molar-refractivity contribution in [2.24, 2.45) is 0 Å². The van der Waals surface area contributed by atoms with Crippen molar-refractivity contribution in [1.82, 2.24) is 20.2 Å². The topological polar surface area (TPSA) is 128 Å². The van der Waals surface area contributed by atoms with Gasteiger partial charge in [0.15, 0.2) is 17.7 Å². The first-order valence-electron chi connectivity index (χ1n) is 9.17. The van der Waals surface area contributed by atoms with E-state index in [0.29, 0.717) is 11.2 Å². The number of H-pyrrole nitrogens is 2. The monoisotopic (exact) mass is 399 g/mol. The Morgan fingerprint density at radius 3 is 2.63 bits per heavy atom. The molecule has 30 heavy (non-hydrogen) atoms. The van der Waals surface area contributed by atoms with Gasteiger partial charge in [0.1, 0.15) is 17.3 Å². The maximum absolute atomic E-state index is 12.5. The normalized spacial score (nSPS) is 12.8. The lowest BCUT2D eigenvalue weighted by Gasteiger charge is -2.12. The summed E-state index contributed by atoms with van der Waals surface area (Å²) in [6.45, 7) is 1.47. The molecule has 4 rings (SSSR count). The van der Waals surface area contributed by atoms with Crippen molar-refractivity contribution in [1.29, 1.82) is 5.26 Å². The maximum atomic E-state index is 12.5. The summed E-state index contributed by atoms with van der Waals surface area (Å²) in [4.78, 5) is 19.7. The number of imidazole rings is 1. The van der Waals surface area contributed by atoms with Crippen LogP contribution in [0.1, 0.15) is 23.2 Å². The van der Waals surface area contributed by atoms with Crippen molar-refractivity contribution in [3.8, 4) is 17.3 Å². The van der Waals surface area contributed by atoms with Gasteiger partial charge in [-0.2, -0.15) is 10.4 Å². The van der Waals surface area contributed by atoms with Crippen LogP contribution in [-0.4, -0.2) is 37.3 Å². The number of nitrogens with one attached hydrogen (secondary N) is 2. The number of carbonyl (C=O) groups excluding carboxylic acids is 1. The Morgan fingerprint density at radius 1 is 1.17 bits per heavy atom. The largest absolute Gasteiger partial charge is 0.507 e. The third-order valence-electron chi connectivity index (χ3n) is 4.53. The highest BCUT2D eigenvalue weighted by Crippen LogP contribution is 2.22. The molecule has 2 aromatic carbocycles. The first kappa shape index (κ1) is 19.0. The predicted octanol–water partition coefficient (Wildman–Crippen LogP) is 3.99. The van der Waals surface area contributed by atoms with Crippen LogP contribution in [0.5, 0.6) is 0 Å². The number of rotatable bonds is 5. The Labute approximate surface area is 171 Å². The molecular formula is C22H17N5O3. The van der Waals surface area contributed by atoms with Crippen molar-refractivity contribution >= 4 is 22.6 Å². The predicted molar refractivity (Wildman–Crippen MR) is 110 cm³/mol. The summed E-state index contributed by atoms with van der Waals surface area (Å²) in [5, 5.41) is 26.8. The van der Waals surface area contributed by atoms with Crippen LogP contribution in [0.15, 0.2) is 66.4 Å². The van der Waals surface area contributed by atoms with Gasteiger partial charge in [-0.25, -0.2) is 9.78 Å². The number of fused-ring (bicyclic) bond motifs is 1. The summed E-state index contributed by atoms with van der Waals surface area (Å²) in [5.41, 5.74) is 2.86. The van der Waals surface area contributed by atoms with Gasteiger partial charge in [-0.1, -0.05) is 42.5 Å². The number of hydrogen-bond donors (Lipinski definition) is 3. The number of esters is 1. The number of aromatic amines is 2. The number of aliphatic hydroxyl groups excluding tert-OH is 1. The zero-order chi connectivity index (χ0) is 21.1. The van der Waals surface area contributed by atoms with Crippen molar-refractivity contribution in [2.45, 2.75) is 13.0 Å². The molecule has 0 saturated carbocycles. The van der Waals surface area contributed by atoms with Crippen LogP contribution >= 0.6 is 0 Å². The number of ether oxygens (including phenoxy) is 1. The lowest BCUT2D eigenvalue weighted by molar-refractivity contribution is 0.0327. The highest BCUT2D eigenvalue weighted by atomic mass is 16.6. The number of nitriles is 1. The van der Waals surface area contributed by atoms with Crippen LogP contribution in [0.2, 0.25) is 0 Å². The van der Waals surface area contributed by atoms with E-state index in [2.05, 4.69) is 20.2 Å². The minimum atomic E-state index is -1.07. The first-order chi connectivity index (χ1) is 14.6. The molecule has 3 N–H and O–H groups in total. The molecule has 4 aromatic rings. The zero-order valence-corrected chi connectivity index (χ0v) is 16.0. The summed E-state index contributed by atoms with van der Waals surface area (Å²) in [5.74, 6) is -0.898. The van der Waals surface area contributed by atoms with E-state index < -0.39 is 17.8 Å². The number of allylic oxidation sites excluding steroid dienone is 1. The average Bonchev–Trinajstić information content (AvgIpc) is 3.42. The summed E-state index contributed by atoms with van der Waals surface area (Å²) >= 11 is 0. The summed E-state index contributed by atoms with van der Waals surface area (Å²) in [7, 11) is 0. The standard InChI is InChI=1S/C22H17N5O3/c1-13(20(28)15(12-23)21-24-16-9-5-6-10-17(16)25-21)30-22(29)19-11-18(26-27-19)14-7-3-2-4-8-14/h2-11,13,28H,1H3,(H,24,25)(H,26,27)/b20-15-/t13-/m0/s1. The Bertz CT molecular complexity index is 1250. The van der Waals surface area contributed by atoms with Crippen LogP contribution < -0.4 is 0 Å². The second-order valence-corrected chi connectivity index (χ2v) is 6.56. The number of aliphatic hydroxyl groups is 1. The minimum Gasteiger partial charge on any atom is -0.507 e. The van der Waals surface area contributed by atoms with Gasteiger partial charge in [0.05, 0.1) is 16.7 Å². The summed E-state index contributed by atoms with van der Waals surface area (Å²) < 4.78 is 5.31.